The van der Waals surface area contributed by atoms with E-state index < -0.39 is 35.3 Å². The fourth-order valence-corrected chi connectivity index (χ4v) is 4.06. The Morgan fingerprint density at radius 2 is 1.10 bits per heavy atom. The lowest BCUT2D eigenvalue weighted by Gasteiger charge is -2.11. The van der Waals surface area contributed by atoms with Crippen LogP contribution in [-0.2, 0) is 21.9 Å². The second-order valence-corrected chi connectivity index (χ2v) is 10.3. The summed E-state index contributed by atoms with van der Waals surface area (Å²) in [6.45, 7) is -0.653. The normalized spacial score (nSPS) is 10.8. The fraction of sp³-hybridized carbons (Fsp3) is 0.143. The number of rotatable bonds is 8. The second-order valence-electron chi connectivity index (χ2n) is 9.26. The van der Waals surface area contributed by atoms with E-state index in [-0.39, 0.29) is 68.8 Å². The van der Waals surface area contributed by atoms with Crippen molar-refractivity contribution in [3.05, 3.63) is 86.2 Å². The number of nitrogen functional groups attached to an aromatic ring is 2. The van der Waals surface area contributed by atoms with Crippen LogP contribution in [0.1, 0.15) is 31.8 Å². The molecular formula is C28H23Cl3F6N10O4. The van der Waals surface area contributed by atoms with Gasteiger partial charge in [-0.15, -0.1) is 0 Å². The van der Waals surface area contributed by atoms with Crippen molar-refractivity contribution >= 4 is 88.3 Å². The minimum Gasteiger partial charge on any atom is -0.368 e. The van der Waals surface area contributed by atoms with Gasteiger partial charge in [0, 0.05) is 11.4 Å². The number of halogens is 9. The van der Waals surface area contributed by atoms with Gasteiger partial charge in [0.05, 0.1) is 35.3 Å². The summed E-state index contributed by atoms with van der Waals surface area (Å²) in [5.74, 6) is -1.52. The van der Waals surface area contributed by atoms with E-state index in [1.54, 1.807) is 0 Å². The third-order valence-corrected chi connectivity index (χ3v) is 6.44. The number of benzene rings is 2. The van der Waals surface area contributed by atoms with E-state index in [1.165, 1.54) is 24.3 Å². The molecule has 9 N–H and O–H groups in total. The molecule has 2 heterocycles. The monoisotopic (exact) mass is 782 g/mol. The van der Waals surface area contributed by atoms with E-state index in [0.29, 0.717) is 12.6 Å². The largest absolute Gasteiger partial charge is 0.416 e. The molecule has 0 radical (unpaired) electrons. The number of carbonyl (C=O) groups excluding carboxylic acids is 4. The van der Waals surface area contributed by atoms with Crippen LogP contribution in [0.4, 0.5) is 55.4 Å². The minimum atomic E-state index is -4.52. The molecule has 0 aliphatic heterocycles. The van der Waals surface area contributed by atoms with Crippen molar-refractivity contribution in [2.75, 3.05) is 40.5 Å². The zero-order valence-corrected chi connectivity index (χ0v) is 27.5. The number of amides is 2. The van der Waals surface area contributed by atoms with Crippen LogP contribution in [0.25, 0.3) is 0 Å². The van der Waals surface area contributed by atoms with Crippen molar-refractivity contribution < 1.29 is 45.5 Å². The van der Waals surface area contributed by atoms with Crippen LogP contribution in [0, 0.1) is 0 Å². The summed E-state index contributed by atoms with van der Waals surface area (Å²) in [5.41, 5.74) is 13.9. The summed E-state index contributed by atoms with van der Waals surface area (Å²) >= 11 is 16.7. The van der Waals surface area contributed by atoms with E-state index in [1.807, 2.05) is 0 Å². The highest BCUT2D eigenvalue weighted by Crippen LogP contribution is 2.31. The molecule has 0 saturated heterocycles. The predicted octanol–water partition coefficient (Wildman–Crippen LogP) is 5.37. The van der Waals surface area contributed by atoms with E-state index in [2.05, 4.69) is 35.9 Å². The van der Waals surface area contributed by atoms with Crippen molar-refractivity contribution in [1.82, 2.24) is 19.9 Å². The molecule has 0 unspecified atom stereocenters. The van der Waals surface area contributed by atoms with Crippen LogP contribution in [0.15, 0.2) is 48.5 Å². The van der Waals surface area contributed by atoms with Gasteiger partial charge < -0.3 is 33.2 Å². The average molecular weight is 784 g/mol. The molecule has 0 spiro atoms. The van der Waals surface area contributed by atoms with E-state index >= 15 is 0 Å². The molecule has 2 amide bonds. The third kappa shape index (κ3) is 13.5. The summed E-state index contributed by atoms with van der Waals surface area (Å²) < 4.78 is 74.7. The topological polar surface area (TPSA) is 234 Å². The number of nitrogens with zero attached hydrogens (tertiary/aromatic N) is 4. The van der Waals surface area contributed by atoms with Crippen LogP contribution in [0.3, 0.4) is 0 Å². The van der Waals surface area contributed by atoms with Crippen LogP contribution in [0.2, 0.25) is 15.5 Å². The van der Waals surface area contributed by atoms with Gasteiger partial charge in [0.25, 0.3) is 0 Å². The molecule has 272 valence electrons. The van der Waals surface area contributed by atoms with Crippen molar-refractivity contribution in [3.8, 4) is 0 Å². The Hall–Kier alpha value is -5.31. The zero-order chi connectivity index (χ0) is 38.5. The van der Waals surface area contributed by atoms with Crippen molar-refractivity contribution in [2.45, 2.75) is 12.4 Å². The van der Waals surface area contributed by atoms with Crippen molar-refractivity contribution in [2.24, 2.45) is 5.73 Å². The molecule has 4 rings (SSSR count). The predicted molar refractivity (Wildman–Crippen MR) is 176 cm³/mol. The number of nitrogens with one attached hydrogen (secondary N) is 3. The number of carbonyl (C=O) groups is 4. The minimum absolute atomic E-state index is 0.0301. The Kier molecular flexibility index (Phi) is 15.3. The smallest absolute Gasteiger partial charge is 0.368 e. The lowest BCUT2D eigenvalue weighted by molar-refractivity contribution is -0.138. The highest BCUT2D eigenvalue weighted by Gasteiger charge is 2.31. The number of nitrogens with two attached hydrogens (primary N) is 3. The number of aromatic nitrogens is 4. The van der Waals surface area contributed by atoms with Crippen molar-refractivity contribution in [3.63, 3.8) is 0 Å². The molecule has 0 aliphatic rings. The Bertz CT molecular complexity index is 1860. The zero-order valence-electron chi connectivity index (χ0n) is 25.2. The first-order valence-electron chi connectivity index (χ1n) is 13.4. The van der Waals surface area contributed by atoms with Gasteiger partial charge in [-0.05, 0) is 36.4 Å². The summed E-state index contributed by atoms with van der Waals surface area (Å²) in [6.07, 6.45) is -8.07. The molecule has 0 saturated carbocycles. The Labute approximate surface area is 298 Å². The van der Waals surface area contributed by atoms with Crippen LogP contribution in [0.5, 0.6) is 0 Å². The first-order chi connectivity index (χ1) is 23.8. The quantitative estimate of drug-likeness (QED) is 0.0752. The molecule has 0 aliphatic carbocycles. The molecule has 23 heteroatoms. The van der Waals surface area contributed by atoms with Gasteiger partial charge in [-0.25, -0.2) is 15.0 Å². The summed E-state index contributed by atoms with van der Waals surface area (Å²) in [5, 5.41) is 6.81. The first-order valence-corrected chi connectivity index (χ1v) is 14.5. The van der Waals surface area contributed by atoms with Gasteiger partial charge in [0.2, 0.25) is 23.7 Å². The van der Waals surface area contributed by atoms with Crippen LogP contribution in [-0.4, -0.2) is 57.4 Å². The lowest BCUT2D eigenvalue weighted by atomic mass is 10.2. The van der Waals surface area contributed by atoms with Gasteiger partial charge >= 0.3 is 12.4 Å². The average Bonchev–Trinajstić information content (AvgIpc) is 3.03. The highest BCUT2D eigenvalue weighted by atomic mass is 35.5. The Balaban J connectivity index is 0.000000293. The second kappa shape index (κ2) is 18.6. The summed E-state index contributed by atoms with van der Waals surface area (Å²) in [7, 11) is 0. The van der Waals surface area contributed by atoms with Crippen LogP contribution >= 0.6 is 34.8 Å². The van der Waals surface area contributed by atoms with Gasteiger partial charge in [-0.1, -0.05) is 46.9 Å². The SMILES string of the molecule is NCC(=O)Nc1cccc(C(F)(F)F)c1.Nc1nc(Cl)c(C=O)c(Cl)n1.Nc1nc(Cl)c(C=O)c(NCC(=O)Nc2cccc(C(F)(F)F)c2)n1. The van der Waals surface area contributed by atoms with Crippen molar-refractivity contribution in [1.29, 1.82) is 0 Å². The Morgan fingerprint density at radius 3 is 1.51 bits per heavy atom. The lowest BCUT2D eigenvalue weighted by Crippen LogP contribution is -2.23. The molecule has 14 nitrogen and oxygen atoms in total. The molecule has 51 heavy (non-hydrogen) atoms. The molecular weight excluding hydrogens is 761 g/mol. The number of hydrogen-bond acceptors (Lipinski definition) is 12. The van der Waals surface area contributed by atoms with E-state index in [4.69, 9.17) is 52.0 Å². The summed E-state index contributed by atoms with van der Waals surface area (Å²) in [6, 6.07) is 8.53. The van der Waals surface area contributed by atoms with Gasteiger partial charge in [0.1, 0.15) is 21.3 Å². The third-order valence-electron chi connectivity index (χ3n) is 5.57. The number of aldehydes is 2. The van der Waals surface area contributed by atoms with Crippen LogP contribution < -0.4 is 33.2 Å². The molecule has 0 atom stereocenters. The van der Waals surface area contributed by atoms with E-state index in [0.717, 1.165) is 24.3 Å². The number of anilines is 5. The van der Waals surface area contributed by atoms with Gasteiger partial charge in [0.15, 0.2) is 12.6 Å². The molecule has 0 fully saturated rings. The first kappa shape index (κ1) is 41.9. The molecule has 0 bridgehead atoms. The fourth-order valence-electron chi connectivity index (χ4n) is 3.35. The molecule has 2 aromatic carbocycles. The number of hydrogen-bond donors (Lipinski definition) is 6. The number of alkyl halides is 6. The maximum atomic E-state index is 12.6. The molecule has 2 aromatic heterocycles. The van der Waals surface area contributed by atoms with Gasteiger partial charge in [-0.2, -0.15) is 31.3 Å². The van der Waals surface area contributed by atoms with E-state index in [9.17, 15) is 45.5 Å². The molecule has 4 aromatic rings. The van der Waals surface area contributed by atoms with Gasteiger partial charge in [-0.3, -0.25) is 19.2 Å². The maximum Gasteiger partial charge on any atom is 0.416 e. The Morgan fingerprint density at radius 1 is 0.686 bits per heavy atom. The summed E-state index contributed by atoms with van der Waals surface area (Å²) in [4.78, 5) is 58.3. The standard InChI is InChI=1S/C14H11ClF3N5O2.C9H9F3N2O.C5H3Cl2N3O/c15-11-9(6-24)12(23-13(19)22-11)20-5-10(25)21-8-3-1-2-7(4-8)14(16,17)18;10-9(11,12)6-2-1-3-7(4-6)14-8(15)5-13;6-3-2(1-11)4(7)10-5(8)9-3/h1-4,6H,5H2,(H,21,25)(H3,19,20,22,23);1-4H,5,13H2,(H,14,15);1H,(H2,8,9,10). The maximum absolute atomic E-state index is 12.6. The highest BCUT2D eigenvalue weighted by molar-refractivity contribution is 6.37.